The maximum atomic E-state index is 11.2. The maximum Gasteiger partial charge on any atom is 0.155 e. The Kier molecular flexibility index (Phi) is 2.71. The van der Waals surface area contributed by atoms with Gasteiger partial charge in [0.25, 0.3) is 0 Å². The van der Waals surface area contributed by atoms with Crippen LogP contribution in [0.15, 0.2) is 11.6 Å². The molecule has 0 heterocycles. The van der Waals surface area contributed by atoms with Crippen LogP contribution in [-0.4, -0.2) is 5.78 Å². The smallest absolute Gasteiger partial charge is 0.155 e. The second-order valence-corrected chi connectivity index (χ2v) is 4.27. The molecule has 0 radical (unpaired) electrons. The van der Waals surface area contributed by atoms with Crippen LogP contribution in [0.3, 0.4) is 0 Å². The molecule has 0 aliphatic heterocycles. The van der Waals surface area contributed by atoms with Gasteiger partial charge in [-0.3, -0.25) is 4.79 Å². The molecule has 1 aliphatic carbocycles. The summed E-state index contributed by atoms with van der Waals surface area (Å²) < 4.78 is 0. The lowest BCUT2D eigenvalue weighted by Crippen LogP contribution is -2.21. The van der Waals surface area contributed by atoms with Crippen molar-refractivity contribution < 1.29 is 4.79 Å². The molecule has 0 aromatic heterocycles. The molecule has 0 saturated carbocycles. The number of hydrogen-bond acceptors (Lipinski definition) is 1. The van der Waals surface area contributed by atoms with Gasteiger partial charge in [0.05, 0.1) is 0 Å². The molecular formula is C11H18O. The Morgan fingerprint density at radius 3 is 2.75 bits per heavy atom. The van der Waals surface area contributed by atoms with Gasteiger partial charge < -0.3 is 0 Å². The molecule has 0 amide bonds. The minimum Gasteiger partial charge on any atom is -0.295 e. The minimum atomic E-state index is 0.268. The first kappa shape index (κ1) is 9.50. The van der Waals surface area contributed by atoms with Crippen LogP contribution < -0.4 is 0 Å². The van der Waals surface area contributed by atoms with E-state index in [1.54, 1.807) is 0 Å². The summed E-state index contributed by atoms with van der Waals surface area (Å²) in [5, 5.41) is 0. The average Bonchev–Trinajstić information content (AvgIpc) is 1.98. The Morgan fingerprint density at radius 2 is 2.17 bits per heavy atom. The van der Waals surface area contributed by atoms with Gasteiger partial charge in [-0.25, -0.2) is 0 Å². The number of hydrogen-bond donors (Lipinski definition) is 0. The van der Waals surface area contributed by atoms with Gasteiger partial charge >= 0.3 is 0 Å². The molecule has 0 fully saturated rings. The number of carbonyl (C=O) groups excluding carboxylic acids is 1. The van der Waals surface area contributed by atoms with E-state index in [9.17, 15) is 4.79 Å². The van der Waals surface area contributed by atoms with E-state index in [4.69, 9.17) is 0 Å². The van der Waals surface area contributed by atoms with E-state index in [0.29, 0.717) is 5.78 Å². The molecule has 1 nitrogen and oxygen atoms in total. The van der Waals surface area contributed by atoms with Gasteiger partial charge in [0.2, 0.25) is 0 Å². The summed E-state index contributed by atoms with van der Waals surface area (Å²) in [6.45, 7) is 6.64. The Labute approximate surface area is 74.9 Å². The first-order valence-corrected chi connectivity index (χ1v) is 4.80. The van der Waals surface area contributed by atoms with E-state index in [0.717, 1.165) is 25.7 Å². The molecule has 0 aromatic rings. The van der Waals surface area contributed by atoms with Crippen LogP contribution in [0.5, 0.6) is 0 Å². The van der Waals surface area contributed by atoms with Gasteiger partial charge in [-0.2, -0.15) is 0 Å². The summed E-state index contributed by atoms with van der Waals surface area (Å²) in [5.41, 5.74) is 1.62. The quantitative estimate of drug-likeness (QED) is 0.616. The number of allylic oxidation sites excluding steroid dienone is 2. The van der Waals surface area contributed by atoms with Crippen molar-refractivity contribution in [2.75, 3.05) is 0 Å². The maximum absolute atomic E-state index is 11.2. The lowest BCUT2D eigenvalue weighted by atomic mass is 9.74. The molecule has 0 bridgehead atoms. The fraction of sp³-hybridized carbons (Fsp3) is 0.727. The number of carbonyl (C=O) groups is 1. The van der Waals surface area contributed by atoms with Crippen LogP contribution in [0.25, 0.3) is 0 Å². The first-order valence-electron chi connectivity index (χ1n) is 4.80. The lowest BCUT2D eigenvalue weighted by molar-refractivity contribution is -0.115. The molecule has 0 N–H and O–H groups in total. The summed E-state index contributed by atoms with van der Waals surface area (Å²) in [7, 11) is 0. The highest BCUT2D eigenvalue weighted by atomic mass is 16.1. The second kappa shape index (κ2) is 3.42. The van der Waals surface area contributed by atoms with Crippen molar-refractivity contribution in [1.82, 2.24) is 0 Å². The van der Waals surface area contributed by atoms with E-state index >= 15 is 0 Å². The number of rotatable bonds is 2. The van der Waals surface area contributed by atoms with Crippen LogP contribution in [0.1, 0.15) is 46.5 Å². The van der Waals surface area contributed by atoms with E-state index < -0.39 is 0 Å². The van der Waals surface area contributed by atoms with Crippen molar-refractivity contribution in [3.63, 3.8) is 0 Å². The zero-order valence-corrected chi connectivity index (χ0v) is 8.31. The van der Waals surface area contributed by atoms with E-state index in [2.05, 4.69) is 20.8 Å². The minimum absolute atomic E-state index is 0.268. The fourth-order valence-electron chi connectivity index (χ4n) is 1.74. The average molecular weight is 166 g/mol. The normalized spacial score (nSPS) is 22.2. The van der Waals surface area contributed by atoms with Crippen molar-refractivity contribution in [2.24, 2.45) is 5.41 Å². The second-order valence-electron chi connectivity index (χ2n) is 4.27. The topological polar surface area (TPSA) is 17.1 Å². The fourth-order valence-corrected chi connectivity index (χ4v) is 1.74. The Balaban J connectivity index is 2.81. The zero-order valence-electron chi connectivity index (χ0n) is 8.31. The van der Waals surface area contributed by atoms with Crippen LogP contribution in [0.2, 0.25) is 0 Å². The largest absolute Gasteiger partial charge is 0.295 e. The summed E-state index contributed by atoms with van der Waals surface area (Å²) in [5.74, 6) is 0.317. The standard InChI is InChI=1S/C11H18O/c1-4-5-9-8-10(12)6-7-11(9,2)3/h8H,4-7H2,1-3H3. The summed E-state index contributed by atoms with van der Waals surface area (Å²) in [6.07, 6.45) is 5.85. The highest BCUT2D eigenvalue weighted by molar-refractivity contribution is 5.91. The monoisotopic (exact) mass is 166 g/mol. The zero-order chi connectivity index (χ0) is 9.19. The van der Waals surface area contributed by atoms with Crippen molar-refractivity contribution in [1.29, 1.82) is 0 Å². The molecule has 1 heteroatoms. The van der Waals surface area contributed by atoms with Crippen molar-refractivity contribution in [2.45, 2.75) is 46.5 Å². The molecule has 0 spiro atoms. The Morgan fingerprint density at radius 1 is 1.50 bits per heavy atom. The molecule has 0 saturated heterocycles. The molecule has 12 heavy (non-hydrogen) atoms. The number of ketones is 1. The van der Waals surface area contributed by atoms with Crippen LogP contribution >= 0.6 is 0 Å². The van der Waals surface area contributed by atoms with Crippen molar-refractivity contribution in [3.05, 3.63) is 11.6 Å². The third-order valence-corrected chi connectivity index (χ3v) is 2.72. The third-order valence-electron chi connectivity index (χ3n) is 2.72. The molecule has 0 atom stereocenters. The molecule has 1 aliphatic rings. The van der Waals surface area contributed by atoms with Gasteiger partial charge in [0, 0.05) is 6.42 Å². The predicted molar refractivity (Wildman–Crippen MR) is 51.0 cm³/mol. The predicted octanol–water partition coefficient (Wildman–Crippen LogP) is 3.10. The van der Waals surface area contributed by atoms with E-state index in [1.165, 1.54) is 5.57 Å². The molecule has 68 valence electrons. The van der Waals surface area contributed by atoms with Gasteiger partial charge in [-0.05, 0) is 24.3 Å². The van der Waals surface area contributed by atoms with Crippen molar-refractivity contribution >= 4 is 5.78 Å². The van der Waals surface area contributed by atoms with E-state index in [-0.39, 0.29) is 5.41 Å². The van der Waals surface area contributed by atoms with Gasteiger partial charge in [-0.15, -0.1) is 0 Å². The van der Waals surface area contributed by atoms with Gasteiger partial charge in [-0.1, -0.05) is 32.8 Å². The summed E-state index contributed by atoms with van der Waals surface area (Å²) in [4.78, 5) is 11.2. The lowest BCUT2D eigenvalue weighted by Gasteiger charge is -2.31. The molecule has 0 aromatic carbocycles. The molecule has 1 rings (SSSR count). The molecular weight excluding hydrogens is 148 g/mol. The Bertz CT molecular complexity index is 211. The van der Waals surface area contributed by atoms with Crippen LogP contribution in [0.4, 0.5) is 0 Å². The van der Waals surface area contributed by atoms with Crippen LogP contribution in [-0.2, 0) is 4.79 Å². The van der Waals surface area contributed by atoms with Gasteiger partial charge in [0.1, 0.15) is 0 Å². The Hall–Kier alpha value is -0.590. The highest BCUT2D eigenvalue weighted by Crippen LogP contribution is 2.37. The van der Waals surface area contributed by atoms with Crippen molar-refractivity contribution in [3.8, 4) is 0 Å². The SMILES string of the molecule is CCCC1=CC(=O)CCC1(C)C. The van der Waals surface area contributed by atoms with Gasteiger partial charge in [0.15, 0.2) is 5.78 Å². The highest BCUT2D eigenvalue weighted by Gasteiger charge is 2.27. The first-order chi connectivity index (χ1) is 5.56. The third kappa shape index (κ3) is 1.96. The summed E-state index contributed by atoms with van der Waals surface area (Å²) >= 11 is 0. The van der Waals surface area contributed by atoms with E-state index in [1.807, 2.05) is 6.08 Å². The van der Waals surface area contributed by atoms with Crippen LogP contribution in [0, 0.1) is 5.41 Å². The summed E-state index contributed by atoms with van der Waals surface area (Å²) in [6, 6.07) is 0. The molecule has 0 unspecified atom stereocenters.